The number of nitrogens with zero attached hydrogens (tertiary/aromatic N) is 1. The van der Waals surface area contributed by atoms with Gasteiger partial charge in [0.25, 0.3) is 0 Å². The Morgan fingerprint density at radius 2 is 2.00 bits per heavy atom. The van der Waals surface area contributed by atoms with Gasteiger partial charge in [0.15, 0.2) is 0 Å². The summed E-state index contributed by atoms with van der Waals surface area (Å²) in [6.45, 7) is 7.20. The first-order valence-corrected chi connectivity index (χ1v) is 7.16. The first-order chi connectivity index (χ1) is 9.10. The number of rotatable bonds is 8. The molecule has 1 atom stereocenters. The number of aliphatic hydroxyl groups excluding tert-OH is 1. The molecule has 0 bridgehead atoms. The molecular formula is C14H23ClN2O2. The van der Waals surface area contributed by atoms with Crippen LogP contribution in [-0.4, -0.2) is 46.7 Å². The van der Waals surface area contributed by atoms with Crippen LogP contribution in [0.4, 0.5) is 5.69 Å². The third-order valence-electron chi connectivity index (χ3n) is 3.09. The highest BCUT2D eigenvalue weighted by Crippen LogP contribution is 2.23. The summed E-state index contributed by atoms with van der Waals surface area (Å²) in [7, 11) is 0. The van der Waals surface area contributed by atoms with Crippen LogP contribution in [0, 0.1) is 0 Å². The average Bonchev–Trinajstić information content (AvgIpc) is 2.44. The van der Waals surface area contributed by atoms with Crippen LogP contribution in [-0.2, 0) is 6.54 Å². The maximum absolute atomic E-state index is 9.87. The largest absolute Gasteiger partial charge is 0.508 e. The zero-order valence-electron chi connectivity index (χ0n) is 11.6. The fourth-order valence-electron chi connectivity index (χ4n) is 1.80. The van der Waals surface area contributed by atoms with E-state index < -0.39 is 6.10 Å². The van der Waals surface area contributed by atoms with E-state index >= 15 is 0 Å². The molecule has 0 saturated carbocycles. The first kappa shape index (κ1) is 16.1. The lowest BCUT2D eigenvalue weighted by Gasteiger charge is -2.19. The monoisotopic (exact) mass is 286 g/mol. The highest BCUT2D eigenvalue weighted by atomic mass is 35.5. The van der Waals surface area contributed by atoms with E-state index in [1.165, 1.54) is 0 Å². The third kappa shape index (κ3) is 5.27. The molecule has 1 aromatic carbocycles. The summed E-state index contributed by atoms with van der Waals surface area (Å²) in [5.74, 6) is 0.507. The van der Waals surface area contributed by atoms with Gasteiger partial charge >= 0.3 is 0 Å². The minimum absolute atomic E-state index is 0.206. The summed E-state index contributed by atoms with van der Waals surface area (Å²) < 4.78 is 0. The van der Waals surface area contributed by atoms with Gasteiger partial charge in [-0.15, -0.1) is 11.6 Å². The number of phenolic OH excluding ortho intramolecular Hbond substituents is 1. The molecule has 19 heavy (non-hydrogen) atoms. The Morgan fingerprint density at radius 3 is 2.58 bits per heavy atom. The minimum Gasteiger partial charge on any atom is -0.508 e. The molecule has 0 amide bonds. The van der Waals surface area contributed by atoms with Crippen molar-refractivity contribution < 1.29 is 10.2 Å². The molecule has 1 rings (SSSR count). The summed E-state index contributed by atoms with van der Waals surface area (Å²) >= 11 is 5.54. The van der Waals surface area contributed by atoms with Crippen molar-refractivity contribution in [2.45, 2.75) is 26.5 Å². The molecule has 0 aliphatic rings. The molecule has 0 aliphatic carbocycles. The Kier molecular flexibility index (Phi) is 6.99. The molecule has 0 radical (unpaired) electrons. The summed E-state index contributed by atoms with van der Waals surface area (Å²) in [4.78, 5) is 2.23. The highest BCUT2D eigenvalue weighted by Gasteiger charge is 2.08. The molecule has 0 aromatic heterocycles. The van der Waals surface area contributed by atoms with Gasteiger partial charge in [0.2, 0.25) is 0 Å². The van der Waals surface area contributed by atoms with Crippen molar-refractivity contribution in [2.75, 3.05) is 30.8 Å². The number of benzene rings is 1. The van der Waals surface area contributed by atoms with Gasteiger partial charge in [-0.25, -0.2) is 0 Å². The van der Waals surface area contributed by atoms with E-state index in [-0.39, 0.29) is 5.88 Å². The number of nitrogens with one attached hydrogen (secondary N) is 1. The second kappa shape index (κ2) is 8.25. The molecule has 0 spiro atoms. The van der Waals surface area contributed by atoms with E-state index in [0.29, 0.717) is 18.8 Å². The Morgan fingerprint density at radius 1 is 1.32 bits per heavy atom. The van der Waals surface area contributed by atoms with Crippen LogP contribution in [0.25, 0.3) is 0 Å². The quantitative estimate of drug-likeness (QED) is 0.507. The Hall–Kier alpha value is -0.970. The molecule has 0 heterocycles. The summed E-state index contributed by atoms with van der Waals surface area (Å²) in [6.07, 6.45) is -0.568. The normalized spacial score (nSPS) is 12.7. The van der Waals surface area contributed by atoms with Gasteiger partial charge in [-0.3, -0.25) is 4.90 Å². The third-order valence-corrected chi connectivity index (χ3v) is 3.44. The van der Waals surface area contributed by atoms with Crippen molar-refractivity contribution in [3.63, 3.8) is 0 Å². The van der Waals surface area contributed by atoms with Gasteiger partial charge in [0.05, 0.1) is 12.0 Å². The van der Waals surface area contributed by atoms with Gasteiger partial charge in [-0.1, -0.05) is 13.8 Å². The zero-order valence-corrected chi connectivity index (χ0v) is 12.3. The molecule has 0 fully saturated rings. The fraction of sp³-hybridized carbons (Fsp3) is 0.571. The van der Waals surface area contributed by atoms with Crippen LogP contribution in [0.15, 0.2) is 18.2 Å². The van der Waals surface area contributed by atoms with Crippen LogP contribution in [0.5, 0.6) is 5.75 Å². The maximum atomic E-state index is 9.87. The van der Waals surface area contributed by atoms with Gasteiger partial charge in [0, 0.05) is 24.3 Å². The smallest absolute Gasteiger partial charge is 0.120 e. The predicted molar refractivity (Wildman–Crippen MR) is 79.9 cm³/mol. The number of aliphatic hydroxyl groups is 1. The van der Waals surface area contributed by atoms with Gasteiger partial charge in [0.1, 0.15) is 5.75 Å². The number of halogens is 1. The van der Waals surface area contributed by atoms with Crippen LogP contribution in [0.1, 0.15) is 19.4 Å². The second-order valence-electron chi connectivity index (χ2n) is 4.49. The Bertz CT molecular complexity index is 384. The van der Waals surface area contributed by atoms with E-state index in [1.807, 2.05) is 6.07 Å². The lowest BCUT2D eigenvalue weighted by atomic mass is 10.1. The molecular weight excluding hydrogens is 264 g/mol. The number of phenols is 1. The van der Waals surface area contributed by atoms with Crippen molar-refractivity contribution in [1.82, 2.24) is 4.90 Å². The van der Waals surface area contributed by atoms with Crippen LogP contribution in [0.3, 0.4) is 0 Å². The minimum atomic E-state index is -0.568. The van der Waals surface area contributed by atoms with E-state index in [4.69, 9.17) is 11.6 Å². The van der Waals surface area contributed by atoms with E-state index in [1.54, 1.807) is 12.1 Å². The second-order valence-corrected chi connectivity index (χ2v) is 4.80. The summed E-state index contributed by atoms with van der Waals surface area (Å²) in [5, 5.41) is 22.4. The SMILES string of the molecule is CCN(CC)Cc1cc(NCC(O)CCl)ccc1O. The zero-order chi connectivity index (χ0) is 14.3. The molecule has 0 aliphatic heterocycles. The van der Waals surface area contributed by atoms with E-state index in [2.05, 4.69) is 24.1 Å². The summed E-state index contributed by atoms with van der Waals surface area (Å²) in [5.41, 5.74) is 1.76. The van der Waals surface area contributed by atoms with Crippen LogP contribution < -0.4 is 5.32 Å². The van der Waals surface area contributed by atoms with Gasteiger partial charge < -0.3 is 15.5 Å². The number of alkyl halides is 1. The number of hydrogen-bond donors (Lipinski definition) is 3. The fourth-order valence-corrected chi connectivity index (χ4v) is 1.91. The van der Waals surface area contributed by atoms with Crippen LogP contribution in [0.2, 0.25) is 0 Å². The summed E-state index contributed by atoms with van der Waals surface area (Å²) in [6, 6.07) is 5.38. The van der Waals surface area contributed by atoms with E-state index in [9.17, 15) is 10.2 Å². The molecule has 3 N–H and O–H groups in total. The first-order valence-electron chi connectivity index (χ1n) is 6.62. The van der Waals surface area contributed by atoms with Gasteiger partial charge in [-0.2, -0.15) is 0 Å². The molecule has 5 heteroatoms. The van der Waals surface area contributed by atoms with Gasteiger partial charge in [-0.05, 0) is 31.3 Å². The number of hydrogen-bond acceptors (Lipinski definition) is 4. The average molecular weight is 287 g/mol. The molecule has 108 valence electrons. The molecule has 1 unspecified atom stereocenters. The molecule has 0 saturated heterocycles. The van der Waals surface area contributed by atoms with Crippen molar-refractivity contribution in [3.05, 3.63) is 23.8 Å². The lowest BCUT2D eigenvalue weighted by Crippen LogP contribution is -2.23. The Labute approximate surface area is 120 Å². The van der Waals surface area contributed by atoms with Crippen molar-refractivity contribution in [3.8, 4) is 5.75 Å². The predicted octanol–water partition coefficient (Wildman–Crippen LogP) is 2.25. The Balaban J connectivity index is 2.70. The standard InChI is InChI=1S/C14H23ClN2O2/c1-3-17(4-2)10-11-7-12(5-6-14(11)19)16-9-13(18)8-15/h5-7,13,16,18-19H,3-4,8-10H2,1-2H3. The van der Waals surface area contributed by atoms with Crippen molar-refractivity contribution in [2.24, 2.45) is 0 Å². The number of aromatic hydroxyl groups is 1. The van der Waals surface area contributed by atoms with Crippen LogP contribution >= 0.6 is 11.6 Å². The van der Waals surface area contributed by atoms with E-state index in [0.717, 1.165) is 24.3 Å². The molecule has 1 aromatic rings. The molecule has 4 nitrogen and oxygen atoms in total. The highest BCUT2D eigenvalue weighted by molar-refractivity contribution is 6.18. The lowest BCUT2D eigenvalue weighted by molar-refractivity contribution is 0.211. The topological polar surface area (TPSA) is 55.7 Å². The maximum Gasteiger partial charge on any atom is 0.120 e. The van der Waals surface area contributed by atoms with Crippen molar-refractivity contribution >= 4 is 17.3 Å². The number of anilines is 1. The van der Waals surface area contributed by atoms with Crippen molar-refractivity contribution in [1.29, 1.82) is 0 Å².